The minimum atomic E-state index is -0.207. The summed E-state index contributed by atoms with van der Waals surface area (Å²) in [4.78, 5) is 24.8. The van der Waals surface area contributed by atoms with Crippen molar-refractivity contribution in [3.8, 4) is 0 Å². The van der Waals surface area contributed by atoms with Crippen LogP contribution in [0.4, 0.5) is 0 Å². The van der Waals surface area contributed by atoms with Crippen molar-refractivity contribution in [2.24, 2.45) is 5.92 Å². The predicted octanol–water partition coefficient (Wildman–Crippen LogP) is 0.396. The number of carbonyl (C=O) groups excluding carboxylic acids is 2. The molecule has 0 bridgehead atoms. The molecule has 98 valence electrons. The molecule has 1 unspecified atom stereocenters. The van der Waals surface area contributed by atoms with Gasteiger partial charge in [-0.3, -0.25) is 14.5 Å². The van der Waals surface area contributed by atoms with Crippen LogP contribution in [-0.2, 0) is 14.3 Å². The van der Waals surface area contributed by atoms with E-state index in [9.17, 15) is 9.59 Å². The number of esters is 1. The molecule has 5 nitrogen and oxygen atoms in total. The molecule has 1 atom stereocenters. The standard InChI is InChI=1S/C12H22N2O3/c1-4-17-12(16)9(2)7-14(3)8-11(15)13-10-5-6-10/h9-10H,4-8H2,1-3H3,(H,13,15). The van der Waals surface area contributed by atoms with Crippen molar-refractivity contribution in [1.82, 2.24) is 10.2 Å². The van der Waals surface area contributed by atoms with E-state index in [0.29, 0.717) is 25.7 Å². The molecular formula is C12H22N2O3. The van der Waals surface area contributed by atoms with E-state index in [1.165, 1.54) is 0 Å². The normalized spacial score (nSPS) is 16.7. The Bertz CT molecular complexity index is 277. The molecule has 1 rings (SSSR count). The highest BCUT2D eigenvalue weighted by molar-refractivity contribution is 5.78. The van der Waals surface area contributed by atoms with Gasteiger partial charge < -0.3 is 10.1 Å². The van der Waals surface area contributed by atoms with Gasteiger partial charge in [-0.25, -0.2) is 0 Å². The molecule has 1 aliphatic rings. The van der Waals surface area contributed by atoms with Crippen LogP contribution in [0.1, 0.15) is 26.7 Å². The van der Waals surface area contributed by atoms with Crippen LogP contribution in [0.15, 0.2) is 0 Å². The molecule has 0 saturated heterocycles. The number of ether oxygens (including phenoxy) is 1. The summed E-state index contributed by atoms with van der Waals surface area (Å²) in [6.45, 7) is 4.87. The Morgan fingerprint density at radius 3 is 2.65 bits per heavy atom. The van der Waals surface area contributed by atoms with Crippen LogP contribution in [0.2, 0.25) is 0 Å². The minimum Gasteiger partial charge on any atom is -0.466 e. The number of hydrogen-bond donors (Lipinski definition) is 1. The lowest BCUT2D eigenvalue weighted by molar-refractivity contribution is -0.148. The van der Waals surface area contributed by atoms with Crippen molar-refractivity contribution in [3.05, 3.63) is 0 Å². The number of nitrogens with one attached hydrogen (secondary N) is 1. The van der Waals surface area contributed by atoms with E-state index < -0.39 is 0 Å². The fraction of sp³-hybridized carbons (Fsp3) is 0.833. The molecule has 1 N–H and O–H groups in total. The van der Waals surface area contributed by atoms with Crippen LogP contribution in [-0.4, -0.2) is 49.6 Å². The van der Waals surface area contributed by atoms with Crippen LogP contribution in [0.25, 0.3) is 0 Å². The molecule has 0 aromatic heterocycles. The number of nitrogens with zero attached hydrogens (tertiary/aromatic N) is 1. The quantitative estimate of drug-likeness (QED) is 0.656. The first-order valence-electron chi connectivity index (χ1n) is 6.17. The lowest BCUT2D eigenvalue weighted by Gasteiger charge is -2.19. The second kappa shape index (κ2) is 6.59. The molecule has 0 aromatic rings. The predicted molar refractivity (Wildman–Crippen MR) is 64.5 cm³/mol. The first-order valence-corrected chi connectivity index (χ1v) is 6.17. The van der Waals surface area contributed by atoms with Gasteiger partial charge in [0.25, 0.3) is 0 Å². The van der Waals surface area contributed by atoms with Gasteiger partial charge in [-0.1, -0.05) is 6.92 Å². The van der Waals surface area contributed by atoms with Crippen molar-refractivity contribution in [3.63, 3.8) is 0 Å². The first-order chi connectivity index (χ1) is 8.02. The van der Waals surface area contributed by atoms with Gasteiger partial charge in [-0.15, -0.1) is 0 Å². The third kappa shape index (κ3) is 5.68. The van der Waals surface area contributed by atoms with Gasteiger partial charge in [0.15, 0.2) is 0 Å². The lowest BCUT2D eigenvalue weighted by atomic mass is 10.2. The molecule has 0 aromatic carbocycles. The maximum Gasteiger partial charge on any atom is 0.309 e. The zero-order chi connectivity index (χ0) is 12.8. The Morgan fingerprint density at radius 2 is 2.12 bits per heavy atom. The fourth-order valence-corrected chi connectivity index (χ4v) is 1.64. The van der Waals surface area contributed by atoms with Gasteiger partial charge in [-0.2, -0.15) is 0 Å². The maximum absolute atomic E-state index is 11.5. The Kier molecular flexibility index (Phi) is 5.41. The van der Waals surface area contributed by atoms with E-state index in [4.69, 9.17) is 4.74 Å². The number of hydrogen-bond acceptors (Lipinski definition) is 4. The number of rotatable bonds is 7. The Morgan fingerprint density at radius 1 is 1.47 bits per heavy atom. The molecule has 0 radical (unpaired) electrons. The third-order valence-corrected chi connectivity index (χ3v) is 2.63. The first kappa shape index (κ1) is 14.0. The minimum absolute atomic E-state index is 0.0334. The topological polar surface area (TPSA) is 58.6 Å². The molecule has 0 spiro atoms. The largest absolute Gasteiger partial charge is 0.466 e. The molecule has 1 aliphatic carbocycles. The van der Waals surface area contributed by atoms with Crippen LogP contribution in [0.5, 0.6) is 0 Å². The monoisotopic (exact) mass is 242 g/mol. The summed E-state index contributed by atoms with van der Waals surface area (Å²) in [5.41, 5.74) is 0. The summed E-state index contributed by atoms with van der Waals surface area (Å²) in [5, 5.41) is 2.92. The molecular weight excluding hydrogens is 220 g/mol. The van der Waals surface area contributed by atoms with Crippen molar-refractivity contribution < 1.29 is 14.3 Å². The zero-order valence-corrected chi connectivity index (χ0v) is 10.9. The molecule has 1 saturated carbocycles. The van der Waals surface area contributed by atoms with Gasteiger partial charge in [0.2, 0.25) is 5.91 Å². The highest BCUT2D eigenvalue weighted by Gasteiger charge is 2.24. The number of likely N-dealkylation sites (N-methyl/N-ethyl adjacent to an activating group) is 1. The van der Waals surface area contributed by atoms with E-state index in [-0.39, 0.29) is 17.8 Å². The summed E-state index contributed by atoms with van der Waals surface area (Å²) < 4.78 is 4.92. The molecule has 1 fully saturated rings. The molecule has 5 heteroatoms. The fourth-order valence-electron chi connectivity index (χ4n) is 1.64. The second-order valence-electron chi connectivity index (χ2n) is 4.69. The highest BCUT2D eigenvalue weighted by atomic mass is 16.5. The Balaban J connectivity index is 2.20. The molecule has 0 heterocycles. The van der Waals surface area contributed by atoms with Crippen LogP contribution in [0.3, 0.4) is 0 Å². The van der Waals surface area contributed by atoms with Crippen molar-refractivity contribution >= 4 is 11.9 Å². The number of amides is 1. The smallest absolute Gasteiger partial charge is 0.309 e. The Hall–Kier alpha value is -1.10. The van der Waals surface area contributed by atoms with E-state index in [1.54, 1.807) is 6.92 Å². The summed E-state index contributed by atoms with van der Waals surface area (Å²) in [6, 6.07) is 0.387. The van der Waals surface area contributed by atoms with Crippen molar-refractivity contribution in [2.75, 3.05) is 26.7 Å². The van der Waals surface area contributed by atoms with E-state index in [0.717, 1.165) is 12.8 Å². The lowest BCUT2D eigenvalue weighted by Crippen LogP contribution is -2.39. The molecule has 0 aliphatic heterocycles. The average molecular weight is 242 g/mol. The average Bonchev–Trinajstić information content (AvgIpc) is 3.01. The van der Waals surface area contributed by atoms with Gasteiger partial charge >= 0.3 is 5.97 Å². The van der Waals surface area contributed by atoms with Gasteiger partial charge in [-0.05, 0) is 26.8 Å². The van der Waals surface area contributed by atoms with Crippen molar-refractivity contribution in [1.29, 1.82) is 0 Å². The van der Waals surface area contributed by atoms with Crippen LogP contribution < -0.4 is 5.32 Å². The number of carbonyl (C=O) groups is 2. The summed E-state index contributed by atoms with van der Waals surface area (Å²) in [5.74, 6) is -0.373. The second-order valence-corrected chi connectivity index (χ2v) is 4.69. The Labute approximate surface area is 102 Å². The summed E-state index contributed by atoms with van der Waals surface area (Å²) in [7, 11) is 1.84. The van der Waals surface area contributed by atoms with Gasteiger partial charge in [0.05, 0.1) is 19.1 Å². The van der Waals surface area contributed by atoms with Gasteiger partial charge in [0.1, 0.15) is 0 Å². The zero-order valence-electron chi connectivity index (χ0n) is 10.9. The SMILES string of the molecule is CCOC(=O)C(C)CN(C)CC(=O)NC1CC1. The van der Waals surface area contributed by atoms with E-state index >= 15 is 0 Å². The molecule has 1 amide bonds. The summed E-state index contributed by atoms with van der Waals surface area (Å²) >= 11 is 0. The van der Waals surface area contributed by atoms with Crippen LogP contribution in [0, 0.1) is 5.92 Å². The molecule has 17 heavy (non-hydrogen) atoms. The summed E-state index contributed by atoms with van der Waals surface area (Å²) in [6.07, 6.45) is 2.18. The van der Waals surface area contributed by atoms with Gasteiger partial charge in [0, 0.05) is 12.6 Å². The van der Waals surface area contributed by atoms with E-state index in [1.807, 2.05) is 18.9 Å². The highest BCUT2D eigenvalue weighted by Crippen LogP contribution is 2.18. The maximum atomic E-state index is 11.5. The van der Waals surface area contributed by atoms with E-state index in [2.05, 4.69) is 5.32 Å². The van der Waals surface area contributed by atoms with Crippen LogP contribution >= 0.6 is 0 Å². The van der Waals surface area contributed by atoms with Crippen molar-refractivity contribution in [2.45, 2.75) is 32.7 Å². The third-order valence-electron chi connectivity index (χ3n) is 2.63.